The molecule has 1 aromatic carbocycles. The van der Waals surface area contributed by atoms with Gasteiger partial charge in [0.25, 0.3) is 0 Å². The highest BCUT2D eigenvalue weighted by Crippen LogP contribution is 2.12. The Balaban J connectivity index is 1.49. The lowest BCUT2D eigenvalue weighted by Crippen LogP contribution is -2.45. The molecule has 7 nitrogen and oxygen atoms in total. The van der Waals surface area contributed by atoms with Gasteiger partial charge in [0.15, 0.2) is 5.96 Å². The van der Waals surface area contributed by atoms with Crippen molar-refractivity contribution in [2.75, 3.05) is 26.2 Å². The summed E-state index contributed by atoms with van der Waals surface area (Å²) in [6.45, 7) is 8.03. The van der Waals surface area contributed by atoms with Gasteiger partial charge in [0.05, 0.1) is 17.4 Å². The lowest BCUT2D eigenvalue weighted by atomic mass is 10.3. The van der Waals surface area contributed by atoms with E-state index in [1.54, 1.807) is 0 Å². The summed E-state index contributed by atoms with van der Waals surface area (Å²) in [7, 11) is 0. The SMILES string of the molecule is CCNC(=NCCCn1cnc2ccccc21)NC1CCN(C(=O)CC)C1. The van der Waals surface area contributed by atoms with Gasteiger partial charge >= 0.3 is 0 Å². The molecule has 0 spiro atoms. The molecule has 2 heterocycles. The molecule has 1 aliphatic heterocycles. The number of rotatable bonds is 7. The number of benzene rings is 1. The Kier molecular flexibility index (Phi) is 6.68. The summed E-state index contributed by atoms with van der Waals surface area (Å²) < 4.78 is 2.18. The van der Waals surface area contributed by atoms with Crippen LogP contribution in [0.5, 0.6) is 0 Å². The van der Waals surface area contributed by atoms with Gasteiger partial charge in [-0.2, -0.15) is 0 Å². The monoisotopic (exact) mass is 370 g/mol. The number of amides is 1. The average Bonchev–Trinajstić information content (AvgIpc) is 3.32. The Labute approximate surface area is 160 Å². The smallest absolute Gasteiger partial charge is 0.222 e. The maximum absolute atomic E-state index is 11.8. The maximum atomic E-state index is 11.8. The van der Waals surface area contributed by atoms with Gasteiger partial charge in [-0.25, -0.2) is 4.98 Å². The fraction of sp³-hybridized carbons (Fsp3) is 0.550. The molecule has 1 fully saturated rings. The number of para-hydroxylation sites is 2. The molecule has 0 bridgehead atoms. The third kappa shape index (κ3) is 4.99. The van der Waals surface area contributed by atoms with E-state index in [0.717, 1.165) is 62.6 Å². The molecule has 1 aliphatic rings. The van der Waals surface area contributed by atoms with Gasteiger partial charge in [-0.05, 0) is 31.9 Å². The number of fused-ring (bicyclic) bond motifs is 1. The summed E-state index contributed by atoms with van der Waals surface area (Å²) in [5.41, 5.74) is 2.20. The van der Waals surface area contributed by atoms with Crippen LogP contribution in [0.3, 0.4) is 0 Å². The molecule has 0 radical (unpaired) electrons. The largest absolute Gasteiger partial charge is 0.357 e. The molecule has 2 N–H and O–H groups in total. The van der Waals surface area contributed by atoms with Gasteiger partial charge < -0.3 is 20.1 Å². The molecule has 3 rings (SSSR count). The van der Waals surface area contributed by atoms with Crippen LogP contribution in [0.15, 0.2) is 35.6 Å². The van der Waals surface area contributed by atoms with Crippen LogP contribution >= 0.6 is 0 Å². The predicted octanol–water partition coefficient (Wildman–Crippen LogP) is 1.99. The van der Waals surface area contributed by atoms with Gasteiger partial charge in [-0.3, -0.25) is 9.79 Å². The highest BCUT2D eigenvalue weighted by molar-refractivity contribution is 5.80. The van der Waals surface area contributed by atoms with Gasteiger partial charge in [0.2, 0.25) is 5.91 Å². The molecule has 146 valence electrons. The first kappa shape index (κ1) is 19.2. The van der Waals surface area contributed by atoms with Gasteiger partial charge in [0.1, 0.15) is 0 Å². The second-order valence-corrected chi connectivity index (χ2v) is 6.86. The minimum atomic E-state index is 0.230. The number of aliphatic imine (C=N–C) groups is 1. The van der Waals surface area contributed by atoms with Crippen LogP contribution in [-0.2, 0) is 11.3 Å². The summed E-state index contributed by atoms with van der Waals surface area (Å²) in [4.78, 5) is 22.9. The van der Waals surface area contributed by atoms with E-state index in [-0.39, 0.29) is 11.9 Å². The van der Waals surface area contributed by atoms with E-state index in [9.17, 15) is 4.79 Å². The summed E-state index contributed by atoms with van der Waals surface area (Å²) >= 11 is 0. The molecule has 0 aliphatic carbocycles. The highest BCUT2D eigenvalue weighted by atomic mass is 16.2. The molecule has 7 heteroatoms. The van der Waals surface area contributed by atoms with Crippen molar-refractivity contribution in [1.82, 2.24) is 25.1 Å². The second kappa shape index (κ2) is 9.39. The molecular weight excluding hydrogens is 340 g/mol. The van der Waals surface area contributed by atoms with Crippen LogP contribution in [0.1, 0.15) is 33.1 Å². The van der Waals surface area contributed by atoms with E-state index in [1.807, 2.05) is 36.4 Å². The fourth-order valence-electron chi connectivity index (χ4n) is 3.46. The van der Waals surface area contributed by atoms with E-state index >= 15 is 0 Å². The van der Waals surface area contributed by atoms with Crippen LogP contribution in [0.4, 0.5) is 0 Å². The normalized spacial score (nSPS) is 17.5. The van der Waals surface area contributed by atoms with Crippen LogP contribution in [-0.4, -0.2) is 58.5 Å². The molecule has 27 heavy (non-hydrogen) atoms. The van der Waals surface area contributed by atoms with Crippen molar-refractivity contribution in [3.05, 3.63) is 30.6 Å². The number of nitrogens with zero attached hydrogens (tertiary/aromatic N) is 4. The van der Waals surface area contributed by atoms with Crippen LogP contribution in [0.25, 0.3) is 11.0 Å². The Hall–Kier alpha value is -2.57. The van der Waals surface area contributed by atoms with Crippen LogP contribution in [0.2, 0.25) is 0 Å². The maximum Gasteiger partial charge on any atom is 0.222 e. The van der Waals surface area contributed by atoms with E-state index < -0.39 is 0 Å². The Morgan fingerprint density at radius 3 is 3.00 bits per heavy atom. The second-order valence-electron chi connectivity index (χ2n) is 6.86. The minimum Gasteiger partial charge on any atom is -0.357 e. The number of likely N-dealkylation sites (tertiary alicyclic amines) is 1. The Morgan fingerprint density at radius 2 is 2.19 bits per heavy atom. The summed E-state index contributed by atoms with van der Waals surface area (Å²) in [6, 6.07) is 8.46. The number of nitrogens with one attached hydrogen (secondary N) is 2. The molecule has 0 saturated carbocycles. The number of imidazole rings is 1. The number of carbonyl (C=O) groups excluding carboxylic acids is 1. The van der Waals surface area contributed by atoms with Crippen molar-refractivity contribution < 1.29 is 4.79 Å². The number of aromatic nitrogens is 2. The molecule has 1 amide bonds. The van der Waals surface area contributed by atoms with Crippen molar-refractivity contribution in [3.63, 3.8) is 0 Å². The first-order chi connectivity index (χ1) is 13.2. The number of guanidine groups is 1. The predicted molar refractivity (Wildman–Crippen MR) is 109 cm³/mol. The minimum absolute atomic E-state index is 0.230. The number of carbonyl (C=O) groups is 1. The summed E-state index contributed by atoms with van der Waals surface area (Å²) in [5.74, 6) is 1.07. The lowest BCUT2D eigenvalue weighted by molar-refractivity contribution is -0.129. The third-order valence-electron chi connectivity index (χ3n) is 4.88. The summed E-state index contributed by atoms with van der Waals surface area (Å²) in [5, 5.41) is 6.78. The van der Waals surface area contributed by atoms with E-state index in [1.165, 1.54) is 0 Å². The topological polar surface area (TPSA) is 74.6 Å². The molecule has 1 aromatic heterocycles. The summed E-state index contributed by atoms with van der Waals surface area (Å²) in [6.07, 6.45) is 4.39. The first-order valence-electron chi connectivity index (χ1n) is 9.93. The highest BCUT2D eigenvalue weighted by Gasteiger charge is 2.25. The fourth-order valence-corrected chi connectivity index (χ4v) is 3.46. The van der Waals surface area contributed by atoms with Crippen LogP contribution < -0.4 is 10.6 Å². The lowest BCUT2D eigenvalue weighted by Gasteiger charge is -2.18. The van der Waals surface area contributed by atoms with Crippen molar-refractivity contribution >= 4 is 22.9 Å². The molecular formula is C20H30N6O. The molecule has 1 unspecified atom stereocenters. The van der Waals surface area contributed by atoms with Crippen molar-refractivity contribution in [3.8, 4) is 0 Å². The number of hydrogen-bond donors (Lipinski definition) is 2. The Bertz CT molecular complexity index is 784. The van der Waals surface area contributed by atoms with E-state index in [2.05, 4.69) is 33.2 Å². The third-order valence-corrected chi connectivity index (χ3v) is 4.88. The zero-order valence-electron chi connectivity index (χ0n) is 16.3. The van der Waals surface area contributed by atoms with Gasteiger partial charge in [-0.15, -0.1) is 0 Å². The Morgan fingerprint density at radius 1 is 1.33 bits per heavy atom. The first-order valence-corrected chi connectivity index (χ1v) is 9.93. The van der Waals surface area contributed by atoms with E-state index in [4.69, 9.17) is 4.99 Å². The molecule has 1 atom stereocenters. The number of aryl methyl sites for hydroxylation is 1. The van der Waals surface area contributed by atoms with Crippen molar-refractivity contribution in [2.45, 2.75) is 45.7 Å². The van der Waals surface area contributed by atoms with Gasteiger partial charge in [-0.1, -0.05) is 19.1 Å². The van der Waals surface area contributed by atoms with Gasteiger partial charge in [0, 0.05) is 45.2 Å². The zero-order valence-corrected chi connectivity index (χ0v) is 16.3. The van der Waals surface area contributed by atoms with Crippen molar-refractivity contribution in [2.24, 2.45) is 4.99 Å². The van der Waals surface area contributed by atoms with Crippen LogP contribution in [0, 0.1) is 0 Å². The van der Waals surface area contributed by atoms with Crippen molar-refractivity contribution in [1.29, 1.82) is 0 Å². The molecule has 1 saturated heterocycles. The zero-order chi connectivity index (χ0) is 19.1. The van der Waals surface area contributed by atoms with E-state index in [0.29, 0.717) is 6.42 Å². The average molecular weight is 371 g/mol. The quantitative estimate of drug-likeness (QED) is 0.444. The molecule has 2 aromatic rings. The number of hydrogen-bond acceptors (Lipinski definition) is 3. The standard InChI is InChI=1S/C20H30N6O/c1-3-19(27)25-13-10-16(14-25)24-20(21-4-2)22-11-7-12-26-15-23-17-8-5-6-9-18(17)26/h5-6,8-9,15-16H,3-4,7,10-14H2,1-2H3,(H2,21,22,24).